The molecule has 24 heavy (non-hydrogen) atoms. The molecule has 2 aliphatic carbocycles. The van der Waals surface area contributed by atoms with Crippen molar-refractivity contribution in [3.63, 3.8) is 0 Å². The van der Waals surface area contributed by atoms with Crippen molar-refractivity contribution < 1.29 is 24.2 Å². The SMILES string of the molecule is COc1cccc(CNC(=O)[C@@H]2C[C@H]2C(=O)O)c1OC1CCCC1. The molecule has 0 aromatic heterocycles. The fourth-order valence-electron chi connectivity index (χ4n) is 3.24. The van der Waals surface area contributed by atoms with Crippen LogP contribution < -0.4 is 14.8 Å². The first-order valence-electron chi connectivity index (χ1n) is 8.43. The van der Waals surface area contributed by atoms with E-state index in [9.17, 15) is 9.59 Å². The molecular weight excluding hydrogens is 310 g/mol. The lowest BCUT2D eigenvalue weighted by Crippen LogP contribution is -2.26. The van der Waals surface area contributed by atoms with E-state index in [2.05, 4.69) is 5.32 Å². The highest BCUT2D eigenvalue weighted by Gasteiger charge is 2.48. The summed E-state index contributed by atoms with van der Waals surface area (Å²) >= 11 is 0. The van der Waals surface area contributed by atoms with E-state index >= 15 is 0 Å². The summed E-state index contributed by atoms with van der Waals surface area (Å²) in [7, 11) is 1.60. The van der Waals surface area contributed by atoms with Gasteiger partial charge in [-0.1, -0.05) is 12.1 Å². The van der Waals surface area contributed by atoms with Crippen molar-refractivity contribution >= 4 is 11.9 Å². The maximum atomic E-state index is 12.1. The van der Waals surface area contributed by atoms with Gasteiger partial charge < -0.3 is 19.9 Å². The number of methoxy groups -OCH3 is 1. The van der Waals surface area contributed by atoms with Gasteiger partial charge in [-0.3, -0.25) is 9.59 Å². The van der Waals surface area contributed by atoms with Crippen LogP contribution in [0.3, 0.4) is 0 Å². The van der Waals surface area contributed by atoms with Crippen molar-refractivity contribution in [1.82, 2.24) is 5.32 Å². The Morgan fingerprint density at radius 2 is 2.00 bits per heavy atom. The first kappa shape index (κ1) is 16.6. The standard InChI is InChI=1S/C18H23NO5/c1-23-15-8-4-5-11(16(15)24-12-6-2-3-7-12)10-19-17(20)13-9-14(13)18(21)22/h4-5,8,12-14H,2-3,6-7,9-10H2,1H3,(H,19,20)(H,21,22)/t13-,14-/m1/s1. The van der Waals surface area contributed by atoms with Crippen molar-refractivity contribution in [1.29, 1.82) is 0 Å². The van der Waals surface area contributed by atoms with Gasteiger partial charge in [-0.25, -0.2) is 0 Å². The minimum absolute atomic E-state index is 0.190. The van der Waals surface area contributed by atoms with Crippen LogP contribution in [-0.4, -0.2) is 30.2 Å². The number of hydrogen-bond acceptors (Lipinski definition) is 4. The van der Waals surface area contributed by atoms with Crippen LogP contribution >= 0.6 is 0 Å². The molecular formula is C18H23NO5. The number of para-hydroxylation sites is 1. The predicted molar refractivity (Wildman–Crippen MR) is 87.0 cm³/mol. The average molecular weight is 333 g/mol. The summed E-state index contributed by atoms with van der Waals surface area (Å²) in [6, 6.07) is 5.60. The van der Waals surface area contributed by atoms with Gasteiger partial charge in [0.05, 0.1) is 25.0 Å². The number of ether oxygens (including phenoxy) is 2. The molecule has 2 fully saturated rings. The van der Waals surface area contributed by atoms with Crippen LogP contribution in [-0.2, 0) is 16.1 Å². The van der Waals surface area contributed by atoms with E-state index in [0.717, 1.165) is 18.4 Å². The summed E-state index contributed by atoms with van der Waals surface area (Å²) in [5.74, 6) is -0.725. The van der Waals surface area contributed by atoms with Crippen molar-refractivity contribution in [3.8, 4) is 11.5 Å². The fraction of sp³-hybridized carbons (Fsp3) is 0.556. The highest BCUT2D eigenvalue weighted by Crippen LogP contribution is 2.39. The van der Waals surface area contributed by atoms with Gasteiger partial charge in [0, 0.05) is 12.1 Å². The molecule has 2 N–H and O–H groups in total. The Morgan fingerprint density at radius 3 is 2.62 bits per heavy atom. The molecule has 0 spiro atoms. The number of benzene rings is 1. The Kier molecular flexibility index (Phi) is 4.92. The Morgan fingerprint density at radius 1 is 1.25 bits per heavy atom. The summed E-state index contributed by atoms with van der Waals surface area (Å²) in [5, 5.41) is 11.7. The lowest BCUT2D eigenvalue weighted by atomic mass is 10.1. The summed E-state index contributed by atoms with van der Waals surface area (Å²) in [6.45, 7) is 0.306. The number of carboxylic acid groups (broad SMARTS) is 1. The molecule has 0 heterocycles. The number of aliphatic carboxylic acids is 1. The largest absolute Gasteiger partial charge is 0.493 e. The van der Waals surface area contributed by atoms with Gasteiger partial charge in [0.25, 0.3) is 0 Å². The van der Waals surface area contributed by atoms with Crippen molar-refractivity contribution in [2.45, 2.75) is 44.8 Å². The number of carboxylic acids is 1. The molecule has 6 nitrogen and oxygen atoms in total. The fourth-order valence-corrected chi connectivity index (χ4v) is 3.24. The molecule has 3 rings (SSSR count). The minimum atomic E-state index is -0.901. The number of hydrogen-bond donors (Lipinski definition) is 2. The maximum Gasteiger partial charge on any atom is 0.307 e. The first-order valence-corrected chi connectivity index (χ1v) is 8.43. The third-order valence-corrected chi connectivity index (χ3v) is 4.76. The van der Waals surface area contributed by atoms with Crippen LogP contribution in [0.2, 0.25) is 0 Å². The number of amides is 1. The summed E-state index contributed by atoms with van der Waals surface area (Å²) in [6.07, 6.45) is 5.02. The zero-order valence-corrected chi connectivity index (χ0v) is 13.8. The lowest BCUT2D eigenvalue weighted by Gasteiger charge is -2.19. The van der Waals surface area contributed by atoms with Gasteiger partial charge >= 0.3 is 5.97 Å². The Balaban J connectivity index is 1.66. The Labute approximate surface area is 141 Å². The monoisotopic (exact) mass is 333 g/mol. The summed E-state index contributed by atoms with van der Waals surface area (Å²) < 4.78 is 11.5. The number of nitrogens with one attached hydrogen (secondary N) is 1. The highest BCUT2D eigenvalue weighted by atomic mass is 16.5. The number of rotatable bonds is 7. The Hall–Kier alpha value is -2.24. The predicted octanol–water partition coefficient (Wildman–Crippen LogP) is 2.35. The van der Waals surface area contributed by atoms with Gasteiger partial charge in [0.1, 0.15) is 0 Å². The van der Waals surface area contributed by atoms with Gasteiger partial charge in [0.15, 0.2) is 11.5 Å². The van der Waals surface area contributed by atoms with E-state index in [4.69, 9.17) is 14.6 Å². The zero-order valence-electron chi connectivity index (χ0n) is 13.8. The minimum Gasteiger partial charge on any atom is -0.493 e. The van der Waals surface area contributed by atoms with Gasteiger partial charge in [-0.05, 0) is 38.2 Å². The molecule has 1 aromatic carbocycles. The molecule has 0 unspecified atom stereocenters. The number of carbonyl (C=O) groups excluding carboxylic acids is 1. The topological polar surface area (TPSA) is 84.9 Å². The van der Waals surface area contributed by atoms with Gasteiger partial charge in [-0.15, -0.1) is 0 Å². The maximum absolute atomic E-state index is 12.1. The van der Waals surface area contributed by atoms with E-state index in [1.54, 1.807) is 7.11 Å². The van der Waals surface area contributed by atoms with E-state index in [1.807, 2.05) is 18.2 Å². The van der Waals surface area contributed by atoms with Crippen molar-refractivity contribution in [3.05, 3.63) is 23.8 Å². The number of carbonyl (C=O) groups is 2. The van der Waals surface area contributed by atoms with Crippen LogP contribution in [0.25, 0.3) is 0 Å². The molecule has 2 saturated carbocycles. The van der Waals surface area contributed by atoms with Gasteiger partial charge in [0.2, 0.25) is 5.91 Å². The summed E-state index contributed by atoms with van der Waals surface area (Å²) in [4.78, 5) is 22.9. The summed E-state index contributed by atoms with van der Waals surface area (Å²) in [5.41, 5.74) is 0.849. The zero-order chi connectivity index (χ0) is 17.1. The van der Waals surface area contributed by atoms with Crippen LogP contribution in [0, 0.1) is 11.8 Å². The first-order chi connectivity index (χ1) is 11.6. The molecule has 1 amide bonds. The molecule has 0 saturated heterocycles. The molecule has 2 atom stereocenters. The molecule has 6 heteroatoms. The van der Waals surface area contributed by atoms with Crippen LogP contribution in [0.1, 0.15) is 37.7 Å². The lowest BCUT2D eigenvalue weighted by molar-refractivity contribution is -0.140. The van der Waals surface area contributed by atoms with Crippen molar-refractivity contribution in [2.24, 2.45) is 11.8 Å². The van der Waals surface area contributed by atoms with E-state index in [1.165, 1.54) is 12.8 Å². The normalized spacial score (nSPS) is 22.9. The molecule has 1 aromatic rings. The molecule has 2 aliphatic rings. The van der Waals surface area contributed by atoms with Crippen LogP contribution in [0.15, 0.2) is 18.2 Å². The second-order valence-corrected chi connectivity index (χ2v) is 6.48. The van der Waals surface area contributed by atoms with Crippen LogP contribution in [0.4, 0.5) is 0 Å². The molecule has 0 bridgehead atoms. The third kappa shape index (κ3) is 3.63. The molecule has 0 aliphatic heterocycles. The van der Waals surface area contributed by atoms with Crippen molar-refractivity contribution in [2.75, 3.05) is 7.11 Å². The Bertz CT molecular complexity index is 624. The quantitative estimate of drug-likeness (QED) is 0.800. The second kappa shape index (κ2) is 7.11. The van der Waals surface area contributed by atoms with Gasteiger partial charge in [-0.2, -0.15) is 0 Å². The highest BCUT2D eigenvalue weighted by molar-refractivity contribution is 5.89. The van der Waals surface area contributed by atoms with Crippen LogP contribution in [0.5, 0.6) is 11.5 Å². The molecule has 130 valence electrons. The second-order valence-electron chi connectivity index (χ2n) is 6.48. The van der Waals surface area contributed by atoms with E-state index in [-0.39, 0.29) is 12.0 Å². The van der Waals surface area contributed by atoms with E-state index in [0.29, 0.717) is 24.5 Å². The molecule has 0 radical (unpaired) electrons. The third-order valence-electron chi connectivity index (χ3n) is 4.76. The smallest absolute Gasteiger partial charge is 0.307 e. The average Bonchev–Trinajstić information content (AvgIpc) is 3.24. The van der Waals surface area contributed by atoms with E-state index < -0.39 is 17.8 Å².